The molecule has 1 aromatic rings. The third-order valence-corrected chi connectivity index (χ3v) is 1.99. The molecule has 0 bridgehead atoms. The minimum Gasteiger partial charge on any atom is -0.496 e. The third kappa shape index (κ3) is 3.46. The van der Waals surface area contributed by atoms with Crippen LogP contribution in [0.2, 0.25) is 0 Å². The Bertz CT molecular complexity index is 347. The molecular formula is C12H15NO2. The monoisotopic (exact) mass is 205 g/mol. The Hall–Kier alpha value is -1.77. The lowest BCUT2D eigenvalue weighted by molar-refractivity contribution is -0.120. The van der Waals surface area contributed by atoms with Gasteiger partial charge in [-0.1, -0.05) is 24.3 Å². The molecule has 0 aromatic heterocycles. The molecule has 3 heteroatoms. The van der Waals surface area contributed by atoms with Crippen molar-refractivity contribution in [2.75, 3.05) is 13.7 Å². The molecule has 1 amide bonds. The van der Waals surface area contributed by atoms with Gasteiger partial charge in [0.05, 0.1) is 13.5 Å². The van der Waals surface area contributed by atoms with Gasteiger partial charge in [-0.3, -0.25) is 4.79 Å². The fraction of sp³-hybridized carbons (Fsp3) is 0.250. The van der Waals surface area contributed by atoms with Crippen LogP contribution in [0.4, 0.5) is 0 Å². The molecule has 1 N–H and O–H groups in total. The molecular weight excluding hydrogens is 190 g/mol. The van der Waals surface area contributed by atoms with Gasteiger partial charge in [0.15, 0.2) is 0 Å². The minimum absolute atomic E-state index is 0.0283. The lowest BCUT2D eigenvalue weighted by Crippen LogP contribution is -2.25. The highest BCUT2D eigenvalue weighted by Crippen LogP contribution is 2.17. The zero-order valence-electron chi connectivity index (χ0n) is 8.82. The van der Waals surface area contributed by atoms with Gasteiger partial charge in [-0.25, -0.2) is 0 Å². The second-order valence-electron chi connectivity index (χ2n) is 3.08. The molecule has 0 aliphatic heterocycles. The number of benzene rings is 1. The largest absolute Gasteiger partial charge is 0.496 e. The number of carbonyl (C=O) groups is 1. The van der Waals surface area contributed by atoms with Crippen LogP contribution in [-0.2, 0) is 11.2 Å². The van der Waals surface area contributed by atoms with Crippen LogP contribution < -0.4 is 10.1 Å². The van der Waals surface area contributed by atoms with E-state index in [1.54, 1.807) is 13.2 Å². The molecule has 0 atom stereocenters. The lowest BCUT2D eigenvalue weighted by atomic mass is 10.1. The van der Waals surface area contributed by atoms with Crippen molar-refractivity contribution < 1.29 is 9.53 Å². The van der Waals surface area contributed by atoms with Crippen molar-refractivity contribution in [2.24, 2.45) is 0 Å². The molecule has 0 spiro atoms. The maximum atomic E-state index is 11.4. The standard InChI is InChI=1S/C12H15NO2/c1-3-8-13-12(14)9-10-6-4-5-7-11(10)15-2/h3-7H,1,8-9H2,2H3,(H,13,14). The van der Waals surface area contributed by atoms with Crippen molar-refractivity contribution >= 4 is 5.91 Å². The summed E-state index contributed by atoms with van der Waals surface area (Å²) in [7, 11) is 1.60. The molecule has 0 aliphatic carbocycles. The van der Waals surface area contributed by atoms with Crippen LogP contribution in [-0.4, -0.2) is 19.6 Å². The van der Waals surface area contributed by atoms with E-state index in [4.69, 9.17) is 4.74 Å². The predicted molar refractivity (Wildman–Crippen MR) is 59.9 cm³/mol. The first-order chi connectivity index (χ1) is 7.27. The first-order valence-electron chi connectivity index (χ1n) is 4.77. The summed E-state index contributed by atoms with van der Waals surface area (Å²) in [5.41, 5.74) is 0.890. The van der Waals surface area contributed by atoms with Crippen LogP contribution in [0, 0.1) is 0 Å². The number of carbonyl (C=O) groups excluding carboxylic acids is 1. The highest BCUT2D eigenvalue weighted by molar-refractivity contribution is 5.79. The lowest BCUT2D eigenvalue weighted by Gasteiger charge is -2.07. The van der Waals surface area contributed by atoms with Crippen molar-refractivity contribution in [1.29, 1.82) is 0 Å². The third-order valence-electron chi connectivity index (χ3n) is 1.99. The molecule has 15 heavy (non-hydrogen) atoms. The molecule has 3 nitrogen and oxygen atoms in total. The predicted octanol–water partition coefficient (Wildman–Crippen LogP) is 1.54. The summed E-state index contributed by atoms with van der Waals surface area (Å²) in [6.45, 7) is 4.03. The average Bonchev–Trinajstić information content (AvgIpc) is 2.27. The first-order valence-corrected chi connectivity index (χ1v) is 4.77. The summed E-state index contributed by atoms with van der Waals surface area (Å²) >= 11 is 0. The SMILES string of the molecule is C=CCNC(=O)Cc1ccccc1OC. The Balaban J connectivity index is 2.63. The minimum atomic E-state index is -0.0283. The van der Waals surface area contributed by atoms with Crippen LogP contribution in [0.25, 0.3) is 0 Å². The summed E-state index contributed by atoms with van der Waals surface area (Å²) < 4.78 is 5.15. The molecule has 1 rings (SSSR count). The summed E-state index contributed by atoms with van der Waals surface area (Å²) in [6, 6.07) is 7.49. The Morgan fingerprint density at radius 2 is 2.27 bits per heavy atom. The maximum absolute atomic E-state index is 11.4. The maximum Gasteiger partial charge on any atom is 0.224 e. The summed E-state index contributed by atoms with van der Waals surface area (Å²) in [5, 5.41) is 2.72. The molecule has 0 saturated carbocycles. The number of nitrogens with one attached hydrogen (secondary N) is 1. The van der Waals surface area contributed by atoms with E-state index in [9.17, 15) is 4.79 Å². The summed E-state index contributed by atoms with van der Waals surface area (Å²) in [4.78, 5) is 11.4. The highest BCUT2D eigenvalue weighted by Gasteiger charge is 2.06. The van der Waals surface area contributed by atoms with Crippen LogP contribution in [0.1, 0.15) is 5.56 Å². The van der Waals surface area contributed by atoms with Gasteiger partial charge in [-0.05, 0) is 6.07 Å². The van der Waals surface area contributed by atoms with E-state index >= 15 is 0 Å². The van der Waals surface area contributed by atoms with Gasteiger partial charge in [0.25, 0.3) is 0 Å². The molecule has 80 valence electrons. The second kappa shape index (κ2) is 5.86. The number of hydrogen-bond donors (Lipinski definition) is 1. The Labute approximate surface area is 89.8 Å². The smallest absolute Gasteiger partial charge is 0.224 e. The molecule has 0 fully saturated rings. The normalized spacial score (nSPS) is 9.40. The number of methoxy groups -OCH3 is 1. The number of para-hydroxylation sites is 1. The van der Waals surface area contributed by atoms with Crippen LogP contribution in [0.3, 0.4) is 0 Å². The summed E-state index contributed by atoms with van der Waals surface area (Å²) in [5.74, 6) is 0.714. The van der Waals surface area contributed by atoms with Gasteiger partial charge in [0.1, 0.15) is 5.75 Å². The van der Waals surface area contributed by atoms with Crippen LogP contribution in [0.5, 0.6) is 5.75 Å². The molecule has 0 heterocycles. The fourth-order valence-electron chi connectivity index (χ4n) is 1.27. The van der Waals surface area contributed by atoms with Crippen molar-refractivity contribution in [1.82, 2.24) is 5.32 Å². The van der Waals surface area contributed by atoms with Gasteiger partial charge in [0.2, 0.25) is 5.91 Å². The Morgan fingerprint density at radius 3 is 2.93 bits per heavy atom. The van der Waals surface area contributed by atoms with E-state index in [2.05, 4.69) is 11.9 Å². The summed E-state index contributed by atoms with van der Waals surface area (Å²) in [6.07, 6.45) is 1.98. The zero-order valence-corrected chi connectivity index (χ0v) is 8.82. The fourth-order valence-corrected chi connectivity index (χ4v) is 1.27. The van der Waals surface area contributed by atoms with E-state index < -0.39 is 0 Å². The van der Waals surface area contributed by atoms with E-state index in [1.807, 2.05) is 24.3 Å². The second-order valence-corrected chi connectivity index (χ2v) is 3.08. The van der Waals surface area contributed by atoms with Crippen molar-refractivity contribution in [3.8, 4) is 5.75 Å². The van der Waals surface area contributed by atoms with Gasteiger partial charge in [-0.2, -0.15) is 0 Å². The number of amides is 1. The number of hydrogen-bond acceptors (Lipinski definition) is 2. The average molecular weight is 205 g/mol. The molecule has 0 saturated heterocycles. The number of rotatable bonds is 5. The zero-order chi connectivity index (χ0) is 11.1. The quantitative estimate of drug-likeness (QED) is 0.740. The Kier molecular flexibility index (Phi) is 4.41. The van der Waals surface area contributed by atoms with E-state index in [-0.39, 0.29) is 5.91 Å². The molecule has 0 radical (unpaired) electrons. The molecule has 0 aliphatic rings. The molecule has 1 aromatic carbocycles. The molecule has 0 unspecified atom stereocenters. The highest BCUT2D eigenvalue weighted by atomic mass is 16.5. The van der Waals surface area contributed by atoms with Crippen molar-refractivity contribution in [3.05, 3.63) is 42.5 Å². The van der Waals surface area contributed by atoms with E-state index in [1.165, 1.54) is 0 Å². The topological polar surface area (TPSA) is 38.3 Å². The number of ether oxygens (including phenoxy) is 1. The van der Waals surface area contributed by atoms with Gasteiger partial charge >= 0.3 is 0 Å². The van der Waals surface area contributed by atoms with E-state index in [0.29, 0.717) is 13.0 Å². The van der Waals surface area contributed by atoms with Crippen LogP contribution >= 0.6 is 0 Å². The Morgan fingerprint density at radius 1 is 1.53 bits per heavy atom. The van der Waals surface area contributed by atoms with Crippen molar-refractivity contribution in [2.45, 2.75) is 6.42 Å². The first kappa shape index (κ1) is 11.3. The van der Waals surface area contributed by atoms with Gasteiger partial charge in [-0.15, -0.1) is 6.58 Å². The van der Waals surface area contributed by atoms with Crippen molar-refractivity contribution in [3.63, 3.8) is 0 Å². The van der Waals surface area contributed by atoms with Gasteiger partial charge in [0, 0.05) is 12.1 Å². The van der Waals surface area contributed by atoms with E-state index in [0.717, 1.165) is 11.3 Å². The van der Waals surface area contributed by atoms with Gasteiger partial charge < -0.3 is 10.1 Å². The van der Waals surface area contributed by atoms with Crippen LogP contribution in [0.15, 0.2) is 36.9 Å².